The maximum absolute atomic E-state index is 8.68. The lowest BCUT2D eigenvalue weighted by Gasteiger charge is -1.91. The van der Waals surface area contributed by atoms with Crippen LogP contribution in [-0.4, -0.2) is 8.42 Å². The Hall–Kier alpha value is -0.960. The van der Waals surface area contributed by atoms with E-state index in [1.165, 1.54) is 0 Å². The van der Waals surface area contributed by atoms with Gasteiger partial charge < -0.3 is 11.3 Å². The normalized spacial score (nSPS) is 9.60. The Kier molecular flexibility index (Phi) is 5.26. The summed E-state index contributed by atoms with van der Waals surface area (Å²) in [6.45, 7) is 0. The number of nitrogens with zero attached hydrogens (tertiary/aromatic N) is 1. The largest absolute Gasteiger partial charge is 0.503 e. The Labute approximate surface area is 95.1 Å². The zero-order valence-electron chi connectivity index (χ0n) is 7.54. The highest BCUT2D eigenvalue weighted by Crippen LogP contribution is 2.14. The molecular formula is C9H8INO4. The summed E-state index contributed by atoms with van der Waals surface area (Å²) in [6, 6.07) is 9.81. The first-order chi connectivity index (χ1) is 7.20. The molecule has 1 N–H and O–H groups in total. The third-order valence-electron chi connectivity index (χ3n) is 1.45. The molecule has 0 aliphatic carbocycles. The molecule has 0 spiro atoms. The molecule has 0 unspecified atom stereocenters. The second-order valence-electron chi connectivity index (χ2n) is 2.40. The fourth-order valence-electron chi connectivity index (χ4n) is 0.947. The minimum absolute atomic E-state index is 0.672. The SMILES string of the molecule is [O-][I+2]([O-])O.c1ccc(-c2ncco2)cc1. The van der Waals surface area contributed by atoms with Crippen molar-refractivity contribution >= 4 is 0 Å². The van der Waals surface area contributed by atoms with Crippen LogP contribution >= 0.6 is 0 Å². The van der Waals surface area contributed by atoms with Crippen LogP contribution in [0.1, 0.15) is 0 Å². The molecule has 0 bridgehead atoms. The van der Waals surface area contributed by atoms with Crippen LogP contribution < -0.4 is 27.9 Å². The quantitative estimate of drug-likeness (QED) is 0.548. The highest BCUT2D eigenvalue weighted by atomic mass is 127. The van der Waals surface area contributed by atoms with Crippen molar-refractivity contribution in [3.8, 4) is 11.5 Å². The molecule has 1 aromatic heterocycles. The van der Waals surface area contributed by atoms with Crippen molar-refractivity contribution in [2.75, 3.05) is 0 Å². The standard InChI is InChI=1S/C9H7NO.HIO3/c1-2-4-8(5-3-1)9-10-6-7-11-9;2-1(3)4/h1-7H;2H. The summed E-state index contributed by atoms with van der Waals surface area (Å²) in [5.74, 6) is 0.672. The van der Waals surface area contributed by atoms with Crippen molar-refractivity contribution in [2.45, 2.75) is 0 Å². The molecule has 0 aliphatic heterocycles. The number of benzene rings is 1. The highest BCUT2D eigenvalue weighted by Gasteiger charge is 1.97. The Morgan fingerprint density at radius 1 is 1.20 bits per heavy atom. The van der Waals surface area contributed by atoms with Gasteiger partial charge in [-0.3, -0.25) is 0 Å². The van der Waals surface area contributed by atoms with Crippen molar-refractivity contribution in [1.82, 2.24) is 4.98 Å². The molecular weight excluding hydrogens is 313 g/mol. The Balaban J connectivity index is 0.000000245. The van der Waals surface area contributed by atoms with Crippen LogP contribution in [0.5, 0.6) is 0 Å². The van der Waals surface area contributed by atoms with E-state index in [1.807, 2.05) is 30.3 Å². The third-order valence-corrected chi connectivity index (χ3v) is 1.45. The summed E-state index contributed by atoms with van der Waals surface area (Å²) in [5, 5.41) is 0. The predicted molar refractivity (Wildman–Crippen MR) is 44.2 cm³/mol. The van der Waals surface area contributed by atoms with Crippen LogP contribution in [0.25, 0.3) is 11.5 Å². The first kappa shape index (κ1) is 12.1. The first-order valence-electron chi connectivity index (χ1n) is 3.89. The molecule has 0 fully saturated rings. The van der Waals surface area contributed by atoms with E-state index in [4.69, 9.17) is 14.7 Å². The topological polar surface area (TPSA) is 92.4 Å². The maximum Gasteiger partial charge on any atom is 0.503 e. The first-order valence-corrected chi connectivity index (χ1v) is 6.62. The summed E-state index contributed by atoms with van der Waals surface area (Å²) in [7, 11) is 0. The van der Waals surface area contributed by atoms with Gasteiger partial charge in [0.2, 0.25) is 5.89 Å². The van der Waals surface area contributed by atoms with E-state index in [-0.39, 0.29) is 0 Å². The second kappa shape index (κ2) is 6.51. The van der Waals surface area contributed by atoms with Gasteiger partial charge in [-0.2, -0.15) is 0 Å². The average Bonchev–Trinajstić information content (AvgIpc) is 2.71. The minimum Gasteiger partial charge on any atom is -0.445 e. The van der Waals surface area contributed by atoms with Crippen molar-refractivity contribution in [2.24, 2.45) is 0 Å². The van der Waals surface area contributed by atoms with Crippen molar-refractivity contribution in [3.63, 3.8) is 0 Å². The monoisotopic (exact) mass is 321 g/mol. The molecule has 2 aromatic rings. The minimum atomic E-state index is -3.76. The summed E-state index contributed by atoms with van der Waals surface area (Å²) in [4.78, 5) is 4.02. The zero-order valence-corrected chi connectivity index (χ0v) is 9.70. The number of halogens is 1. The van der Waals surface area contributed by atoms with Crippen LogP contribution in [0.3, 0.4) is 0 Å². The van der Waals surface area contributed by atoms with Crippen LogP contribution in [0.4, 0.5) is 0 Å². The third kappa shape index (κ3) is 4.88. The van der Waals surface area contributed by atoms with Gasteiger partial charge in [0.25, 0.3) is 0 Å². The van der Waals surface area contributed by atoms with E-state index in [2.05, 4.69) is 4.98 Å². The molecule has 0 saturated heterocycles. The van der Waals surface area contributed by atoms with E-state index < -0.39 is 21.1 Å². The van der Waals surface area contributed by atoms with Gasteiger partial charge in [-0.15, -0.1) is 0 Å². The lowest BCUT2D eigenvalue weighted by atomic mass is 10.2. The Bertz CT molecular complexity index is 360. The number of aromatic nitrogens is 1. The number of oxazole rings is 1. The molecule has 5 nitrogen and oxygen atoms in total. The zero-order chi connectivity index (χ0) is 11.1. The molecule has 0 aliphatic rings. The Morgan fingerprint density at radius 3 is 2.27 bits per heavy atom. The Morgan fingerprint density at radius 2 is 1.80 bits per heavy atom. The smallest absolute Gasteiger partial charge is 0.445 e. The van der Waals surface area contributed by atoms with Gasteiger partial charge in [-0.05, 0) is 15.6 Å². The molecule has 80 valence electrons. The molecule has 1 aromatic carbocycles. The highest BCUT2D eigenvalue weighted by molar-refractivity contribution is 5.51. The number of hydrogen-bond acceptors (Lipinski definition) is 5. The molecule has 1 heterocycles. The lowest BCUT2D eigenvalue weighted by Crippen LogP contribution is -3.98. The van der Waals surface area contributed by atoms with Gasteiger partial charge >= 0.3 is 21.1 Å². The van der Waals surface area contributed by atoms with E-state index in [9.17, 15) is 0 Å². The molecule has 6 heteroatoms. The molecule has 15 heavy (non-hydrogen) atoms. The van der Waals surface area contributed by atoms with Crippen LogP contribution in [0.15, 0.2) is 47.2 Å². The molecule has 0 amide bonds. The van der Waals surface area contributed by atoms with Crippen molar-refractivity contribution < 1.29 is 35.8 Å². The van der Waals surface area contributed by atoms with Gasteiger partial charge in [0, 0.05) is 5.56 Å². The number of rotatable bonds is 1. The van der Waals surface area contributed by atoms with Gasteiger partial charge in [0.05, 0.1) is 6.20 Å². The molecule has 0 atom stereocenters. The van der Waals surface area contributed by atoms with Gasteiger partial charge in [-0.1, -0.05) is 18.2 Å². The van der Waals surface area contributed by atoms with Gasteiger partial charge in [0.1, 0.15) is 6.26 Å². The maximum atomic E-state index is 8.68. The van der Waals surface area contributed by atoms with Gasteiger partial charge in [0.15, 0.2) is 0 Å². The molecule has 2 rings (SSSR count). The second-order valence-corrected chi connectivity index (χ2v) is 3.55. The van der Waals surface area contributed by atoms with Crippen LogP contribution in [-0.2, 0) is 0 Å². The van der Waals surface area contributed by atoms with Gasteiger partial charge in [-0.25, -0.2) is 4.98 Å². The lowest BCUT2D eigenvalue weighted by molar-refractivity contribution is -1.63. The van der Waals surface area contributed by atoms with E-state index in [0.717, 1.165) is 5.56 Å². The van der Waals surface area contributed by atoms with E-state index >= 15 is 0 Å². The average molecular weight is 321 g/mol. The fraction of sp³-hybridized carbons (Fsp3) is 0. The van der Waals surface area contributed by atoms with Crippen LogP contribution in [0, 0.1) is 0 Å². The summed E-state index contributed by atoms with van der Waals surface area (Å²) >= 11 is -3.76. The number of hydrogen-bond donors (Lipinski definition) is 1. The summed E-state index contributed by atoms with van der Waals surface area (Å²) in [5.41, 5.74) is 1.01. The summed E-state index contributed by atoms with van der Waals surface area (Å²) in [6.07, 6.45) is 3.21. The molecule has 0 saturated carbocycles. The predicted octanol–water partition coefficient (Wildman–Crippen LogP) is -3.59. The fourth-order valence-corrected chi connectivity index (χ4v) is 0.947. The molecule has 0 radical (unpaired) electrons. The van der Waals surface area contributed by atoms with Crippen molar-refractivity contribution in [1.29, 1.82) is 0 Å². The van der Waals surface area contributed by atoms with Crippen LogP contribution in [0.2, 0.25) is 0 Å². The van der Waals surface area contributed by atoms with Crippen molar-refractivity contribution in [3.05, 3.63) is 42.8 Å². The van der Waals surface area contributed by atoms with E-state index in [1.54, 1.807) is 12.5 Å². The van der Waals surface area contributed by atoms with E-state index in [0.29, 0.717) is 5.89 Å². The summed E-state index contributed by atoms with van der Waals surface area (Å²) < 4.78 is 29.6.